The number of carboxylic acid groups (broad SMARTS) is 1. The van der Waals surface area contributed by atoms with Gasteiger partial charge in [0.2, 0.25) is 5.16 Å². The zero-order chi connectivity index (χ0) is 19.4. The highest BCUT2D eigenvalue weighted by Gasteiger charge is 2.17. The van der Waals surface area contributed by atoms with Crippen molar-refractivity contribution in [1.82, 2.24) is 15.2 Å². The number of aromatic nitrogens is 3. The molecular weight excluding hydrogens is 372 g/mol. The van der Waals surface area contributed by atoms with Crippen LogP contribution in [0.4, 0.5) is 5.69 Å². The van der Waals surface area contributed by atoms with Crippen molar-refractivity contribution in [3.05, 3.63) is 63.0 Å². The summed E-state index contributed by atoms with van der Waals surface area (Å²) in [6.45, 7) is 1.89. The van der Waals surface area contributed by atoms with Crippen LogP contribution in [0.1, 0.15) is 18.5 Å². The van der Waals surface area contributed by atoms with Crippen molar-refractivity contribution in [2.75, 3.05) is 0 Å². The fraction of sp³-hybridized carbons (Fsp3) is 0.118. The molecule has 0 atom stereocenters. The molecule has 0 saturated heterocycles. The number of aliphatic carboxylic acids is 1. The molecule has 0 spiro atoms. The molecule has 2 aromatic heterocycles. The first-order chi connectivity index (χ1) is 13.0. The number of aryl methyl sites for hydroxylation is 1. The molecule has 1 aromatic carbocycles. The zero-order valence-corrected chi connectivity index (χ0v) is 14.9. The van der Waals surface area contributed by atoms with Gasteiger partial charge in [-0.2, -0.15) is 0 Å². The molecule has 0 aliphatic rings. The van der Waals surface area contributed by atoms with Gasteiger partial charge in [0.25, 0.3) is 5.69 Å². The first kappa shape index (κ1) is 18.4. The predicted octanol–water partition coefficient (Wildman–Crippen LogP) is 2.42. The molecule has 0 fully saturated rings. The Morgan fingerprint density at radius 3 is 2.78 bits per heavy atom. The first-order valence-electron chi connectivity index (χ1n) is 7.83. The second kappa shape index (κ2) is 7.87. The lowest BCUT2D eigenvalue weighted by Gasteiger charge is -2.04. The maximum absolute atomic E-state index is 11.4. The summed E-state index contributed by atoms with van der Waals surface area (Å²) >= 11 is 0.818. The highest BCUT2D eigenvalue weighted by atomic mass is 32.2. The number of nitrogens with zero attached hydrogens (tertiary/aromatic N) is 3. The van der Waals surface area contributed by atoms with E-state index < -0.39 is 10.9 Å². The zero-order valence-electron chi connectivity index (χ0n) is 14.0. The second-order valence-corrected chi connectivity index (χ2v) is 6.30. The van der Waals surface area contributed by atoms with E-state index in [1.807, 2.05) is 6.92 Å². The van der Waals surface area contributed by atoms with E-state index in [0.717, 1.165) is 11.8 Å². The molecule has 0 bridgehead atoms. The number of carboxylic acids is 1. The number of H-pyrrole nitrogens is 1. The molecule has 9 nitrogen and oxygen atoms in total. The van der Waals surface area contributed by atoms with E-state index in [4.69, 9.17) is 4.42 Å². The summed E-state index contributed by atoms with van der Waals surface area (Å²) in [5.74, 6) is -0.318. The maximum Gasteiger partial charge on any atom is 0.280 e. The van der Waals surface area contributed by atoms with Gasteiger partial charge >= 0.3 is 0 Å². The van der Waals surface area contributed by atoms with Crippen molar-refractivity contribution in [3.63, 3.8) is 0 Å². The van der Waals surface area contributed by atoms with E-state index in [9.17, 15) is 20.0 Å². The molecule has 1 N–H and O–H groups in total. The Morgan fingerprint density at radius 2 is 2.11 bits per heavy atom. The van der Waals surface area contributed by atoms with Gasteiger partial charge in [0.05, 0.1) is 16.5 Å². The number of thioether (sulfide) groups is 1. The highest BCUT2D eigenvalue weighted by Crippen LogP contribution is 2.32. The van der Waals surface area contributed by atoms with Crippen LogP contribution in [0.15, 0.2) is 50.9 Å². The third kappa shape index (κ3) is 4.23. The first-order valence-corrected chi connectivity index (χ1v) is 8.65. The number of hydrogen-bond acceptors (Lipinski definition) is 8. The fourth-order valence-electron chi connectivity index (χ4n) is 2.26. The molecule has 0 unspecified atom stereocenters. The minimum absolute atomic E-state index is 0.107. The summed E-state index contributed by atoms with van der Waals surface area (Å²) in [7, 11) is 0. The van der Waals surface area contributed by atoms with Crippen molar-refractivity contribution >= 4 is 29.5 Å². The number of rotatable bonds is 7. The molecule has 0 saturated carbocycles. The SMILES string of the molecule is CCc1nc(S/C(=C/c2ccc(-c3ccccc3[N+](=O)[O-])o2)C(=O)[O-])n[nH]1. The van der Waals surface area contributed by atoms with Crippen molar-refractivity contribution in [2.24, 2.45) is 0 Å². The van der Waals surface area contributed by atoms with Crippen LogP contribution in [0, 0.1) is 10.1 Å². The highest BCUT2D eigenvalue weighted by molar-refractivity contribution is 8.04. The Kier molecular flexibility index (Phi) is 5.36. The number of carbonyl (C=O) groups is 1. The van der Waals surface area contributed by atoms with Crippen LogP contribution in [-0.4, -0.2) is 26.1 Å². The standard InChI is InChI=1S/C17H14N4O5S/c1-2-15-18-17(20-19-15)27-14(16(22)23)9-10-7-8-13(26-10)11-5-3-4-6-12(11)21(24)25/h3-9H,2H2,1H3,(H,22,23)(H,18,19,20)/p-1/b14-9+. The molecule has 2 heterocycles. The van der Waals surface area contributed by atoms with Crippen molar-refractivity contribution < 1.29 is 19.2 Å². The number of nitro benzene ring substituents is 1. The van der Waals surface area contributed by atoms with Gasteiger partial charge in [-0.3, -0.25) is 15.2 Å². The van der Waals surface area contributed by atoms with E-state index in [1.165, 1.54) is 24.3 Å². The molecule has 10 heteroatoms. The molecule has 3 aromatic rings. The van der Waals surface area contributed by atoms with E-state index in [-0.39, 0.29) is 27.3 Å². The number of carbonyl (C=O) groups excluding carboxylic acids is 1. The average molecular weight is 385 g/mol. The van der Waals surface area contributed by atoms with Crippen LogP contribution in [0.2, 0.25) is 0 Å². The van der Waals surface area contributed by atoms with E-state index >= 15 is 0 Å². The number of aromatic amines is 1. The normalized spacial score (nSPS) is 11.5. The van der Waals surface area contributed by atoms with Gasteiger partial charge in [0.1, 0.15) is 17.3 Å². The predicted molar refractivity (Wildman–Crippen MR) is 95.4 cm³/mol. The van der Waals surface area contributed by atoms with E-state index in [1.54, 1.807) is 18.2 Å². The van der Waals surface area contributed by atoms with Gasteiger partial charge in [-0.05, 0) is 36.0 Å². The number of nitrogens with one attached hydrogen (secondary N) is 1. The Hall–Kier alpha value is -3.40. The van der Waals surface area contributed by atoms with Crippen LogP contribution in [0.3, 0.4) is 0 Å². The van der Waals surface area contributed by atoms with Gasteiger partial charge in [-0.1, -0.05) is 19.1 Å². The minimum atomic E-state index is -1.41. The Balaban J connectivity index is 1.90. The summed E-state index contributed by atoms with van der Waals surface area (Å²) in [5.41, 5.74) is 0.191. The topological polar surface area (TPSA) is 138 Å². The monoisotopic (exact) mass is 385 g/mol. The van der Waals surface area contributed by atoms with Crippen LogP contribution in [-0.2, 0) is 11.2 Å². The summed E-state index contributed by atoms with van der Waals surface area (Å²) in [6, 6.07) is 9.18. The van der Waals surface area contributed by atoms with E-state index in [2.05, 4.69) is 15.2 Å². The largest absolute Gasteiger partial charge is 0.544 e. The van der Waals surface area contributed by atoms with Gasteiger partial charge in [-0.15, -0.1) is 5.10 Å². The fourth-order valence-corrected chi connectivity index (χ4v) is 2.96. The van der Waals surface area contributed by atoms with Gasteiger partial charge in [0.15, 0.2) is 0 Å². The molecule has 0 radical (unpaired) electrons. The second-order valence-electron chi connectivity index (χ2n) is 5.29. The van der Waals surface area contributed by atoms with Crippen molar-refractivity contribution in [2.45, 2.75) is 18.5 Å². The van der Waals surface area contributed by atoms with Crippen LogP contribution in [0.5, 0.6) is 0 Å². The van der Waals surface area contributed by atoms with Gasteiger partial charge in [0, 0.05) is 17.4 Å². The number of hydrogen-bond donors (Lipinski definition) is 1. The molecule has 0 aliphatic carbocycles. The number of para-hydroxylation sites is 1. The Labute approximate surface area is 157 Å². The van der Waals surface area contributed by atoms with Gasteiger partial charge in [-0.25, -0.2) is 4.98 Å². The molecule has 3 rings (SSSR count). The Morgan fingerprint density at radius 1 is 1.33 bits per heavy atom. The van der Waals surface area contributed by atoms with Crippen LogP contribution < -0.4 is 5.11 Å². The van der Waals surface area contributed by atoms with Crippen molar-refractivity contribution in [3.8, 4) is 11.3 Å². The molecule has 138 valence electrons. The summed E-state index contributed by atoms with van der Waals surface area (Å²) in [6.07, 6.45) is 1.90. The van der Waals surface area contributed by atoms with Gasteiger partial charge < -0.3 is 14.3 Å². The average Bonchev–Trinajstić information content (AvgIpc) is 3.30. The third-order valence-electron chi connectivity index (χ3n) is 3.51. The smallest absolute Gasteiger partial charge is 0.280 e. The number of nitro groups is 1. The van der Waals surface area contributed by atoms with Crippen LogP contribution in [0.25, 0.3) is 17.4 Å². The quantitative estimate of drug-likeness (QED) is 0.283. The molecule has 0 amide bonds. The molecule has 27 heavy (non-hydrogen) atoms. The maximum atomic E-state index is 11.4. The number of benzene rings is 1. The lowest BCUT2D eigenvalue weighted by molar-refractivity contribution is -0.384. The summed E-state index contributed by atoms with van der Waals surface area (Å²) < 4.78 is 5.57. The summed E-state index contributed by atoms with van der Waals surface area (Å²) in [4.78, 5) is 26.0. The van der Waals surface area contributed by atoms with Crippen molar-refractivity contribution in [1.29, 1.82) is 0 Å². The minimum Gasteiger partial charge on any atom is -0.544 e. The molecule has 0 aliphatic heterocycles. The third-order valence-corrected chi connectivity index (χ3v) is 4.38. The van der Waals surface area contributed by atoms with Crippen LogP contribution >= 0.6 is 11.8 Å². The molecular formula is C17H13N4O5S-. The summed E-state index contributed by atoms with van der Waals surface area (Å²) in [5, 5.41) is 29.4. The lowest BCUT2D eigenvalue weighted by atomic mass is 10.1. The lowest BCUT2D eigenvalue weighted by Crippen LogP contribution is -2.23. The number of furan rings is 1. The van der Waals surface area contributed by atoms with E-state index in [0.29, 0.717) is 17.8 Å². The Bertz CT molecular complexity index is 1020.